The lowest BCUT2D eigenvalue weighted by atomic mass is 9.86. The molecular weight excluding hydrogens is 490 g/mol. The molecule has 3 aromatic rings. The fraction of sp³-hybridized carbons (Fsp3) is 0.419. The van der Waals surface area contributed by atoms with Crippen molar-refractivity contribution in [2.24, 2.45) is 7.05 Å². The number of fused-ring (bicyclic) bond motifs is 1. The molecule has 1 aliphatic heterocycles. The number of hydrogen-bond acceptors (Lipinski definition) is 6. The van der Waals surface area contributed by atoms with Crippen molar-refractivity contribution in [3.63, 3.8) is 0 Å². The molecule has 1 amide bonds. The van der Waals surface area contributed by atoms with Crippen molar-refractivity contribution in [1.82, 2.24) is 19.4 Å². The summed E-state index contributed by atoms with van der Waals surface area (Å²) in [7, 11) is 3.85. The van der Waals surface area contributed by atoms with E-state index >= 15 is 0 Å². The number of nitriles is 1. The maximum Gasteiger partial charge on any atom is 0.254 e. The van der Waals surface area contributed by atoms with E-state index in [4.69, 9.17) is 4.74 Å². The topological polar surface area (TPSA) is 91.5 Å². The summed E-state index contributed by atoms with van der Waals surface area (Å²) in [4.78, 5) is 34.9. The van der Waals surface area contributed by atoms with Crippen molar-refractivity contribution >= 4 is 5.91 Å². The average Bonchev–Trinajstić information content (AvgIpc) is 2.93. The fourth-order valence-electron chi connectivity index (χ4n) is 5.12. The van der Waals surface area contributed by atoms with Gasteiger partial charge in [0.1, 0.15) is 17.4 Å². The third-order valence-electron chi connectivity index (χ3n) is 7.65. The van der Waals surface area contributed by atoms with Crippen LogP contribution in [0.4, 0.5) is 0 Å². The second-order valence-corrected chi connectivity index (χ2v) is 10.2. The average molecular weight is 528 g/mol. The van der Waals surface area contributed by atoms with Gasteiger partial charge < -0.3 is 19.1 Å². The number of rotatable bonds is 9. The lowest BCUT2D eigenvalue weighted by Crippen LogP contribution is -2.40. The van der Waals surface area contributed by atoms with Crippen LogP contribution < -0.4 is 10.3 Å². The molecule has 8 heteroatoms. The predicted octanol–water partition coefficient (Wildman–Crippen LogP) is 4.28. The molecule has 1 atom stereocenters. The van der Waals surface area contributed by atoms with Crippen molar-refractivity contribution < 1.29 is 9.53 Å². The van der Waals surface area contributed by atoms with Crippen LogP contribution >= 0.6 is 0 Å². The van der Waals surface area contributed by atoms with Crippen LogP contribution in [-0.4, -0.2) is 58.5 Å². The zero-order valence-corrected chi connectivity index (χ0v) is 23.7. The van der Waals surface area contributed by atoms with Crippen molar-refractivity contribution in [2.75, 3.05) is 33.3 Å². The molecule has 2 aromatic heterocycles. The number of aromatic nitrogens is 2. The van der Waals surface area contributed by atoms with E-state index in [2.05, 4.69) is 36.0 Å². The van der Waals surface area contributed by atoms with Crippen LogP contribution in [0, 0.1) is 18.3 Å². The first-order chi connectivity index (χ1) is 18.7. The Hall–Kier alpha value is -3.96. The molecule has 0 spiro atoms. The third kappa shape index (κ3) is 5.74. The number of likely N-dealkylation sites (N-methyl/N-ethyl adjacent to an activating group) is 1. The SMILES string of the molecule is CCOc1cc(C(C)N2CCc3c(cc(CCN(C)CC)cc3-c3cn(C)c(=O)cc3C)C2=O)ncc1C#N. The van der Waals surface area contributed by atoms with Crippen LogP contribution in [0.3, 0.4) is 0 Å². The summed E-state index contributed by atoms with van der Waals surface area (Å²) in [6, 6.07) is 9.48. The molecule has 204 valence electrons. The zero-order chi connectivity index (χ0) is 28.3. The number of amides is 1. The zero-order valence-electron chi connectivity index (χ0n) is 23.7. The van der Waals surface area contributed by atoms with Gasteiger partial charge in [0.05, 0.1) is 18.3 Å². The van der Waals surface area contributed by atoms with Crippen molar-refractivity contribution in [3.05, 3.63) is 80.5 Å². The van der Waals surface area contributed by atoms with Gasteiger partial charge >= 0.3 is 0 Å². The van der Waals surface area contributed by atoms with E-state index in [9.17, 15) is 14.9 Å². The predicted molar refractivity (Wildman–Crippen MR) is 152 cm³/mol. The molecule has 0 N–H and O–H groups in total. The van der Waals surface area contributed by atoms with Crippen LogP contribution in [0.1, 0.15) is 65.1 Å². The maximum atomic E-state index is 14.1. The van der Waals surface area contributed by atoms with Crippen LogP contribution in [0.25, 0.3) is 11.1 Å². The Morgan fingerprint density at radius 2 is 1.90 bits per heavy atom. The summed E-state index contributed by atoms with van der Waals surface area (Å²) in [5, 5.41) is 9.41. The quantitative estimate of drug-likeness (QED) is 0.413. The molecule has 0 saturated heterocycles. The standard InChI is InChI=1S/C31H37N5O3/c1-7-34(5)11-9-22-14-25(27-19-35(6)30(37)13-20(27)3)24-10-12-36(31(38)26(24)15-22)21(4)28-16-29(39-8-2)23(17-32)18-33-28/h13-16,18-19,21H,7-12H2,1-6H3. The molecule has 0 saturated carbocycles. The second kappa shape index (κ2) is 11.8. The Kier molecular flexibility index (Phi) is 8.51. The van der Waals surface area contributed by atoms with Crippen molar-refractivity contribution in [1.29, 1.82) is 5.26 Å². The second-order valence-electron chi connectivity index (χ2n) is 10.2. The Balaban J connectivity index is 1.77. The van der Waals surface area contributed by atoms with Gasteiger partial charge in [0, 0.05) is 55.8 Å². The Bertz CT molecular complexity index is 1490. The van der Waals surface area contributed by atoms with Crippen LogP contribution in [-0.2, 0) is 19.9 Å². The number of pyridine rings is 2. The molecule has 1 unspecified atom stereocenters. The molecule has 1 aromatic carbocycles. The molecule has 0 aliphatic carbocycles. The summed E-state index contributed by atoms with van der Waals surface area (Å²) in [5.41, 5.74) is 6.71. The molecule has 4 rings (SSSR count). The summed E-state index contributed by atoms with van der Waals surface area (Å²) in [5.74, 6) is 0.443. The van der Waals surface area contributed by atoms with Gasteiger partial charge in [-0.1, -0.05) is 13.0 Å². The van der Waals surface area contributed by atoms with Gasteiger partial charge in [-0.05, 0) is 75.5 Å². The van der Waals surface area contributed by atoms with Gasteiger partial charge in [-0.15, -0.1) is 0 Å². The smallest absolute Gasteiger partial charge is 0.254 e. The number of aryl methyl sites for hydroxylation is 2. The summed E-state index contributed by atoms with van der Waals surface area (Å²) >= 11 is 0. The third-order valence-corrected chi connectivity index (χ3v) is 7.65. The van der Waals surface area contributed by atoms with E-state index in [1.165, 1.54) is 6.20 Å². The fourth-order valence-corrected chi connectivity index (χ4v) is 5.12. The van der Waals surface area contributed by atoms with Crippen LogP contribution in [0.5, 0.6) is 5.75 Å². The molecule has 0 radical (unpaired) electrons. The van der Waals surface area contributed by atoms with E-state index in [1.54, 1.807) is 23.7 Å². The van der Waals surface area contributed by atoms with E-state index in [0.29, 0.717) is 42.1 Å². The number of nitrogens with zero attached hydrogens (tertiary/aromatic N) is 5. The van der Waals surface area contributed by atoms with E-state index < -0.39 is 0 Å². The van der Waals surface area contributed by atoms with Gasteiger partial charge in [-0.3, -0.25) is 14.6 Å². The van der Waals surface area contributed by atoms with E-state index in [1.807, 2.05) is 37.9 Å². The number of benzene rings is 1. The lowest BCUT2D eigenvalue weighted by molar-refractivity contribution is 0.0669. The molecule has 1 aliphatic rings. The first kappa shape index (κ1) is 28.1. The molecule has 8 nitrogen and oxygen atoms in total. The maximum absolute atomic E-state index is 14.1. The van der Waals surface area contributed by atoms with Crippen molar-refractivity contribution in [3.8, 4) is 22.9 Å². The number of ether oxygens (including phenoxy) is 1. The minimum atomic E-state index is -0.296. The highest BCUT2D eigenvalue weighted by Crippen LogP contribution is 2.36. The van der Waals surface area contributed by atoms with Crippen molar-refractivity contribution in [2.45, 2.75) is 46.6 Å². The van der Waals surface area contributed by atoms with Gasteiger partial charge in [-0.25, -0.2) is 0 Å². The monoisotopic (exact) mass is 527 g/mol. The molecule has 0 bridgehead atoms. The molecular formula is C31H37N5O3. The highest BCUT2D eigenvalue weighted by molar-refractivity contribution is 5.99. The largest absolute Gasteiger partial charge is 0.492 e. The normalized spacial score (nSPS) is 13.8. The highest BCUT2D eigenvalue weighted by atomic mass is 16.5. The number of carbonyl (C=O) groups excluding carboxylic acids is 1. The minimum Gasteiger partial charge on any atom is -0.492 e. The lowest BCUT2D eigenvalue weighted by Gasteiger charge is -2.35. The number of hydrogen-bond donors (Lipinski definition) is 0. The molecule has 0 fully saturated rings. The van der Waals surface area contributed by atoms with Gasteiger partial charge in [0.25, 0.3) is 11.5 Å². The van der Waals surface area contributed by atoms with Gasteiger partial charge in [0.15, 0.2) is 0 Å². The van der Waals surface area contributed by atoms with Gasteiger partial charge in [-0.2, -0.15) is 5.26 Å². The van der Waals surface area contributed by atoms with E-state index in [0.717, 1.165) is 47.3 Å². The Labute approximate surface area is 230 Å². The number of carbonyl (C=O) groups is 1. The van der Waals surface area contributed by atoms with Gasteiger partial charge in [0.2, 0.25) is 0 Å². The molecule has 3 heterocycles. The first-order valence-electron chi connectivity index (χ1n) is 13.5. The summed E-state index contributed by atoms with van der Waals surface area (Å²) in [6.45, 7) is 10.7. The Morgan fingerprint density at radius 1 is 1.15 bits per heavy atom. The summed E-state index contributed by atoms with van der Waals surface area (Å²) in [6.07, 6.45) is 4.90. The highest BCUT2D eigenvalue weighted by Gasteiger charge is 2.32. The summed E-state index contributed by atoms with van der Waals surface area (Å²) < 4.78 is 7.26. The van der Waals surface area contributed by atoms with Crippen LogP contribution in [0.15, 0.2) is 41.5 Å². The minimum absolute atomic E-state index is 0.0395. The van der Waals surface area contributed by atoms with Crippen LogP contribution in [0.2, 0.25) is 0 Å². The molecule has 39 heavy (non-hydrogen) atoms. The first-order valence-corrected chi connectivity index (χ1v) is 13.5. The van der Waals surface area contributed by atoms with E-state index in [-0.39, 0.29) is 17.5 Å². The Morgan fingerprint density at radius 3 is 2.59 bits per heavy atom.